The lowest BCUT2D eigenvalue weighted by molar-refractivity contribution is 0.446. The van der Waals surface area contributed by atoms with Crippen LogP contribution in [0.3, 0.4) is 0 Å². The van der Waals surface area contributed by atoms with Gasteiger partial charge in [0.05, 0.1) is 0 Å². The molecule has 0 heterocycles. The summed E-state index contributed by atoms with van der Waals surface area (Å²) in [6.45, 7) is 3.60. The lowest BCUT2D eigenvalue weighted by Gasteiger charge is -2.19. The summed E-state index contributed by atoms with van der Waals surface area (Å²) in [5.74, 6) is 1.43. The van der Waals surface area contributed by atoms with Gasteiger partial charge in [-0.3, -0.25) is 0 Å². The smallest absolute Gasteiger partial charge is 0.130 e. The van der Waals surface area contributed by atoms with Crippen LogP contribution in [0, 0.1) is 24.0 Å². The number of hydrogen-bond donors (Lipinski definition) is 1. The summed E-state index contributed by atoms with van der Waals surface area (Å²) in [7, 11) is 0. The Balaban J connectivity index is 2.81. The molecule has 16 heavy (non-hydrogen) atoms. The fraction of sp³-hybridized carbons (Fsp3) is 0.385. The van der Waals surface area contributed by atoms with Gasteiger partial charge in [0, 0.05) is 24.1 Å². The highest BCUT2D eigenvalue weighted by Gasteiger charge is 2.16. The molecular weight excluding hydrogens is 208 g/mol. The van der Waals surface area contributed by atoms with E-state index >= 15 is 0 Å². The SMILES string of the molecule is C#CCC(C)NC(C)c1c(F)cccc1F. The van der Waals surface area contributed by atoms with Crippen molar-refractivity contribution in [3.8, 4) is 12.3 Å². The van der Waals surface area contributed by atoms with Crippen molar-refractivity contribution < 1.29 is 8.78 Å². The van der Waals surface area contributed by atoms with Gasteiger partial charge in [-0.2, -0.15) is 0 Å². The predicted molar refractivity (Wildman–Crippen MR) is 60.8 cm³/mol. The number of halogens is 2. The fourth-order valence-corrected chi connectivity index (χ4v) is 1.67. The van der Waals surface area contributed by atoms with Gasteiger partial charge < -0.3 is 5.32 Å². The molecule has 0 aliphatic carbocycles. The lowest BCUT2D eigenvalue weighted by Crippen LogP contribution is -2.29. The zero-order valence-corrected chi connectivity index (χ0v) is 9.43. The van der Waals surface area contributed by atoms with Crippen LogP contribution in [0.15, 0.2) is 18.2 Å². The molecule has 0 bridgehead atoms. The Kier molecular flexibility index (Phi) is 4.45. The van der Waals surface area contributed by atoms with Gasteiger partial charge in [-0.05, 0) is 26.0 Å². The molecule has 0 saturated carbocycles. The largest absolute Gasteiger partial charge is 0.307 e. The number of hydrogen-bond acceptors (Lipinski definition) is 1. The first-order valence-electron chi connectivity index (χ1n) is 5.19. The van der Waals surface area contributed by atoms with E-state index in [1.54, 1.807) is 6.92 Å². The van der Waals surface area contributed by atoms with E-state index in [1.165, 1.54) is 18.2 Å². The van der Waals surface area contributed by atoms with Gasteiger partial charge in [-0.15, -0.1) is 12.3 Å². The molecule has 0 aliphatic rings. The molecule has 1 aromatic rings. The van der Waals surface area contributed by atoms with Gasteiger partial charge in [-0.25, -0.2) is 8.78 Å². The highest BCUT2D eigenvalue weighted by atomic mass is 19.1. The van der Waals surface area contributed by atoms with Gasteiger partial charge in [0.25, 0.3) is 0 Å². The van der Waals surface area contributed by atoms with Gasteiger partial charge in [0.15, 0.2) is 0 Å². The van der Waals surface area contributed by atoms with Crippen molar-refractivity contribution >= 4 is 0 Å². The number of terminal acetylenes is 1. The summed E-state index contributed by atoms with van der Waals surface area (Å²) in [5, 5.41) is 3.06. The summed E-state index contributed by atoms with van der Waals surface area (Å²) in [6, 6.07) is 3.49. The number of benzene rings is 1. The molecular formula is C13H15F2N. The first-order chi connectivity index (χ1) is 7.56. The third-order valence-corrected chi connectivity index (χ3v) is 2.39. The van der Waals surface area contributed by atoms with Gasteiger partial charge in [0.2, 0.25) is 0 Å². The number of nitrogens with one attached hydrogen (secondary N) is 1. The van der Waals surface area contributed by atoms with Crippen LogP contribution in [0.25, 0.3) is 0 Å². The molecule has 0 amide bonds. The Hall–Kier alpha value is -1.40. The van der Waals surface area contributed by atoms with Gasteiger partial charge >= 0.3 is 0 Å². The molecule has 2 unspecified atom stereocenters. The molecule has 0 aromatic heterocycles. The van der Waals surface area contributed by atoms with E-state index < -0.39 is 17.7 Å². The molecule has 3 heteroatoms. The third kappa shape index (κ3) is 3.04. The molecule has 0 spiro atoms. The minimum atomic E-state index is -0.534. The monoisotopic (exact) mass is 223 g/mol. The van der Waals surface area contributed by atoms with Crippen LogP contribution >= 0.6 is 0 Å². The summed E-state index contributed by atoms with van der Waals surface area (Å²) in [6.07, 6.45) is 5.69. The Bertz CT molecular complexity index is 375. The van der Waals surface area contributed by atoms with E-state index in [0.717, 1.165) is 0 Å². The molecule has 0 radical (unpaired) electrons. The van der Waals surface area contributed by atoms with Crippen LogP contribution < -0.4 is 5.32 Å². The lowest BCUT2D eigenvalue weighted by atomic mass is 10.1. The summed E-state index contributed by atoms with van der Waals surface area (Å²) < 4.78 is 26.8. The van der Waals surface area contributed by atoms with E-state index in [4.69, 9.17) is 6.42 Å². The second kappa shape index (κ2) is 5.62. The quantitative estimate of drug-likeness (QED) is 0.774. The maximum absolute atomic E-state index is 13.4. The van der Waals surface area contributed by atoms with Crippen molar-refractivity contribution in [1.82, 2.24) is 5.32 Å². The molecule has 0 aliphatic heterocycles. The van der Waals surface area contributed by atoms with Crippen LogP contribution in [0.5, 0.6) is 0 Å². The maximum atomic E-state index is 13.4. The van der Waals surface area contributed by atoms with E-state index in [0.29, 0.717) is 6.42 Å². The van der Waals surface area contributed by atoms with Crippen molar-refractivity contribution in [1.29, 1.82) is 0 Å². The molecule has 1 aromatic carbocycles. The van der Waals surface area contributed by atoms with Crippen molar-refractivity contribution in [2.24, 2.45) is 0 Å². The van der Waals surface area contributed by atoms with E-state index in [1.807, 2.05) is 6.92 Å². The normalized spacial score (nSPS) is 14.2. The van der Waals surface area contributed by atoms with Crippen molar-refractivity contribution in [3.63, 3.8) is 0 Å². The maximum Gasteiger partial charge on any atom is 0.130 e. The predicted octanol–water partition coefficient (Wildman–Crippen LogP) is 3.03. The number of rotatable bonds is 4. The van der Waals surface area contributed by atoms with Gasteiger partial charge in [0.1, 0.15) is 11.6 Å². The molecule has 1 nitrogen and oxygen atoms in total. The second-order valence-corrected chi connectivity index (χ2v) is 3.83. The summed E-state index contributed by atoms with van der Waals surface area (Å²) >= 11 is 0. The van der Waals surface area contributed by atoms with Crippen LogP contribution in [0.4, 0.5) is 8.78 Å². The molecule has 2 atom stereocenters. The van der Waals surface area contributed by atoms with Crippen molar-refractivity contribution in [3.05, 3.63) is 35.4 Å². The van der Waals surface area contributed by atoms with E-state index in [-0.39, 0.29) is 11.6 Å². The Morgan fingerprint density at radius 3 is 2.38 bits per heavy atom. The van der Waals surface area contributed by atoms with E-state index in [9.17, 15) is 8.78 Å². The molecule has 0 saturated heterocycles. The zero-order chi connectivity index (χ0) is 12.1. The average molecular weight is 223 g/mol. The highest BCUT2D eigenvalue weighted by molar-refractivity contribution is 5.22. The zero-order valence-electron chi connectivity index (χ0n) is 9.43. The minimum Gasteiger partial charge on any atom is -0.307 e. The van der Waals surface area contributed by atoms with E-state index in [2.05, 4.69) is 11.2 Å². The molecule has 1 rings (SSSR count). The highest BCUT2D eigenvalue weighted by Crippen LogP contribution is 2.20. The van der Waals surface area contributed by atoms with Gasteiger partial charge in [-0.1, -0.05) is 6.07 Å². The minimum absolute atomic E-state index is 0.0269. The Morgan fingerprint density at radius 1 is 1.31 bits per heavy atom. The standard InChI is InChI=1S/C13H15F2N/c1-4-6-9(2)16-10(3)13-11(14)7-5-8-12(13)15/h1,5,7-10,16H,6H2,2-3H3. The van der Waals surface area contributed by atoms with Crippen LogP contribution in [0.1, 0.15) is 31.9 Å². The van der Waals surface area contributed by atoms with Crippen LogP contribution in [-0.4, -0.2) is 6.04 Å². The average Bonchev–Trinajstić information content (AvgIpc) is 2.17. The van der Waals surface area contributed by atoms with Crippen molar-refractivity contribution in [2.75, 3.05) is 0 Å². The first kappa shape index (κ1) is 12.7. The molecule has 86 valence electrons. The third-order valence-electron chi connectivity index (χ3n) is 2.39. The molecule has 1 N–H and O–H groups in total. The Morgan fingerprint density at radius 2 is 1.88 bits per heavy atom. The van der Waals surface area contributed by atoms with Crippen LogP contribution in [-0.2, 0) is 0 Å². The van der Waals surface area contributed by atoms with Crippen LogP contribution in [0.2, 0.25) is 0 Å². The second-order valence-electron chi connectivity index (χ2n) is 3.83. The topological polar surface area (TPSA) is 12.0 Å². The summed E-state index contributed by atoms with van der Waals surface area (Å²) in [4.78, 5) is 0. The summed E-state index contributed by atoms with van der Waals surface area (Å²) in [5.41, 5.74) is 0.0615. The fourth-order valence-electron chi connectivity index (χ4n) is 1.67. The van der Waals surface area contributed by atoms with Crippen molar-refractivity contribution in [2.45, 2.75) is 32.4 Å². The molecule has 0 fully saturated rings. The Labute approximate surface area is 94.9 Å². The first-order valence-corrected chi connectivity index (χ1v) is 5.19.